The van der Waals surface area contributed by atoms with Crippen LogP contribution in [0.4, 0.5) is 0 Å². The van der Waals surface area contributed by atoms with Gasteiger partial charge in [0, 0.05) is 22.7 Å². The number of aromatic nitrogens is 2. The summed E-state index contributed by atoms with van der Waals surface area (Å²) in [6.45, 7) is 7.65. The van der Waals surface area contributed by atoms with Crippen LogP contribution in [-0.2, 0) is 19.3 Å². The molecule has 1 aliphatic rings. The smallest absolute Gasteiger partial charge is 0.159 e. The van der Waals surface area contributed by atoms with Crippen LogP contribution in [-0.4, -0.2) is 9.97 Å². The van der Waals surface area contributed by atoms with Crippen LogP contribution in [0.3, 0.4) is 0 Å². The van der Waals surface area contributed by atoms with Crippen LogP contribution in [0.15, 0.2) is 61.2 Å². The highest BCUT2D eigenvalue weighted by Crippen LogP contribution is 2.28. The van der Waals surface area contributed by atoms with E-state index in [4.69, 9.17) is 21.6 Å². The quantitative estimate of drug-likeness (QED) is 0.713. The van der Waals surface area contributed by atoms with Crippen molar-refractivity contribution in [1.82, 2.24) is 9.97 Å². The standard InChI is InChI=1S/C20H19ClN2/c1-3-7-14(4-2)12-19-17-10-6-11-18(17)22-20(23-19)15-8-5-9-16(21)13-15/h3-5,7-9,13H,1-2,6,10-12H2/b14-7+. The van der Waals surface area contributed by atoms with Gasteiger partial charge >= 0.3 is 0 Å². The molecule has 0 atom stereocenters. The predicted octanol–water partition coefficient (Wildman–Crippen LogP) is 5.13. The minimum absolute atomic E-state index is 0.700. The lowest BCUT2D eigenvalue weighted by Crippen LogP contribution is -2.04. The molecule has 3 heteroatoms. The van der Waals surface area contributed by atoms with Gasteiger partial charge in [0.1, 0.15) is 0 Å². The number of fused-ring (bicyclic) bond motifs is 1. The van der Waals surface area contributed by atoms with Crippen molar-refractivity contribution >= 4 is 11.6 Å². The molecule has 0 radical (unpaired) electrons. The van der Waals surface area contributed by atoms with Crippen molar-refractivity contribution in [3.63, 3.8) is 0 Å². The number of rotatable bonds is 5. The lowest BCUT2D eigenvalue weighted by molar-refractivity contribution is 0.897. The predicted molar refractivity (Wildman–Crippen MR) is 96.7 cm³/mol. The number of hydrogen-bond acceptors (Lipinski definition) is 2. The highest BCUT2D eigenvalue weighted by Gasteiger charge is 2.20. The summed E-state index contributed by atoms with van der Waals surface area (Å²) >= 11 is 6.11. The molecule has 116 valence electrons. The molecule has 1 aliphatic carbocycles. The highest BCUT2D eigenvalue weighted by molar-refractivity contribution is 6.30. The largest absolute Gasteiger partial charge is 0.233 e. The van der Waals surface area contributed by atoms with Crippen molar-refractivity contribution in [2.45, 2.75) is 25.7 Å². The summed E-state index contributed by atoms with van der Waals surface area (Å²) in [4.78, 5) is 9.60. The van der Waals surface area contributed by atoms with Gasteiger partial charge in [-0.3, -0.25) is 0 Å². The van der Waals surface area contributed by atoms with E-state index in [1.807, 2.05) is 36.4 Å². The van der Waals surface area contributed by atoms with E-state index in [1.165, 1.54) is 11.3 Å². The Kier molecular flexibility index (Phi) is 4.73. The molecule has 0 unspecified atom stereocenters. The fourth-order valence-corrected chi connectivity index (χ4v) is 3.15. The average Bonchev–Trinajstić information content (AvgIpc) is 3.03. The molecule has 1 heterocycles. The first-order valence-corrected chi connectivity index (χ1v) is 8.17. The maximum absolute atomic E-state index is 6.11. The summed E-state index contributed by atoms with van der Waals surface area (Å²) in [5.41, 5.74) is 5.64. The van der Waals surface area contributed by atoms with Crippen LogP contribution >= 0.6 is 11.6 Å². The third-order valence-electron chi connectivity index (χ3n) is 4.07. The van der Waals surface area contributed by atoms with E-state index in [2.05, 4.69) is 13.2 Å². The molecule has 0 spiro atoms. The van der Waals surface area contributed by atoms with E-state index < -0.39 is 0 Å². The Morgan fingerprint density at radius 3 is 2.83 bits per heavy atom. The Bertz CT molecular complexity index is 790. The van der Waals surface area contributed by atoms with Crippen molar-refractivity contribution in [2.24, 2.45) is 0 Å². The highest BCUT2D eigenvalue weighted by atomic mass is 35.5. The van der Waals surface area contributed by atoms with Crippen molar-refractivity contribution in [3.8, 4) is 11.4 Å². The Morgan fingerprint density at radius 1 is 1.22 bits per heavy atom. The first-order valence-electron chi connectivity index (χ1n) is 7.80. The minimum Gasteiger partial charge on any atom is -0.233 e. The second kappa shape index (κ2) is 6.93. The van der Waals surface area contributed by atoms with Crippen LogP contribution in [0.1, 0.15) is 23.4 Å². The molecule has 0 saturated carbocycles. The Hall–Kier alpha value is -2.19. The molecule has 23 heavy (non-hydrogen) atoms. The van der Waals surface area contributed by atoms with Crippen molar-refractivity contribution < 1.29 is 0 Å². The van der Waals surface area contributed by atoms with Crippen molar-refractivity contribution in [1.29, 1.82) is 0 Å². The van der Waals surface area contributed by atoms with Gasteiger partial charge in [0.15, 0.2) is 5.82 Å². The van der Waals surface area contributed by atoms with E-state index in [0.717, 1.165) is 48.3 Å². The van der Waals surface area contributed by atoms with Gasteiger partial charge in [0.25, 0.3) is 0 Å². The second-order valence-electron chi connectivity index (χ2n) is 5.64. The number of benzene rings is 1. The Morgan fingerprint density at radius 2 is 2.09 bits per heavy atom. The zero-order chi connectivity index (χ0) is 16.2. The normalized spacial score (nSPS) is 13.7. The third-order valence-corrected chi connectivity index (χ3v) is 4.30. The average molecular weight is 323 g/mol. The van der Waals surface area contributed by atoms with Crippen molar-refractivity contribution in [3.05, 3.63) is 83.2 Å². The number of halogens is 1. The minimum atomic E-state index is 0.700. The van der Waals surface area contributed by atoms with Gasteiger partial charge in [-0.05, 0) is 42.5 Å². The summed E-state index contributed by atoms with van der Waals surface area (Å²) < 4.78 is 0. The number of allylic oxidation sites excluding steroid dienone is 4. The van der Waals surface area contributed by atoms with E-state index in [9.17, 15) is 0 Å². The lowest BCUT2D eigenvalue weighted by Gasteiger charge is -2.11. The second-order valence-corrected chi connectivity index (χ2v) is 6.08. The zero-order valence-corrected chi connectivity index (χ0v) is 13.8. The fraction of sp³-hybridized carbons (Fsp3) is 0.200. The molecule has 2 nitrogen and oxygen atoms in total. The Labute approximate surface area is 142 Å². The molecule has 0 fully saturated rings. The fourth-order valence-electron chi connectivity index (χ4n) is 2.96. The van der Waals surface area contributed by atoms with Gasteiger partial charge in [0.2, 0.25) is 0 Å². The van der Waals surface area contributed by atoms with Crippen LogP contribution in [0.5, 0.6) is 0 Å². The zero-order valence-electron chi connectivity index (χ0n) is 13.1. The molecule has 0 bridgehead atoms. The van der Waals surface area contributed by atoms with Gasteiger partial charge in [-0.2, -0.15) is 0 Å². The summed E-state index contributed by atoms with van der Waals surface area (Å²) in [5.74, 6) is 0.755. The first kappa shape index (κ1) is 15.7. The summed E-state index contributed by atoms with van der Waals surface area (Å²) in [6, 6.07) is 7.71. The molecule has 0 amide bonds. The molecule has 2 aromatic rings. The molecular weight excluding hydrogens is 304 g/mol. The van der Waals surface area contributed by atoms with Crippen molar-refractivity contribution in [2.75, 3.05) is 0 Å². The summed E-state index contributed by atoms with van der Waals surface area (Å²) in [5, 5.41) is 0.700. The van der Waals surface area contributed by atoms with Gasteiger partial charge in [0.05, 0.1) is 5.69 Å². The van der Waals surface area contributed by atoms with E-state index in [-0.39, 0.29) is 0 Å². The SMILES string of the molecule is C=C/C=C(\C=C)Cc1nc(-c2cccc(Cl)c2)nc2c1CCC2. The first-order chi connectivity index (χ1) is 11.2. The maximum atomic E-state index is 6.11. The Balaban J connectivity index is 2.07. The number of hydrogen-bond donors (Lipinski definition) is 0. The topological polar surface area (TPSA) is 25.8 Å². The number of nitrogens with zero attached hydrogens (tertiary/aromatic N) is 2. The van der Waals surface area contributed by atoms with Crippen LogP contribution < -0.4 is 0 Å². The molecular formula is C20H19ClN2. The molecule has 1 aromatic carbocycles. The number of aryl methyl sites for hydroxylation is 1. The van der Waals surface area contributed by atoms with E-state index in [1.54, 1.807) is 6.08 Å². The summed E-state index contributed by atoms with van der Waals surface area (Å²) in [6.07, 6.45) is 9.61. The van der Waals surface area contributed by atoms with Crippen LogP contribution in [0.25, 0.3) is 11.4 Å². The summed E-state index contributed by atoms with van der Waals surface area (Å²) in [7, 11) is 0. The van der Waals surface area contributed by atoms with Gasteiger partial charge < -0.3 is 0 Å². The van der Waals surface area contributed by atoms with Gasteiger partial charge in [-0.25, -0.2) is 9.97 Å². The van der Waals surface area contributed by atoms with E-state index in [0.29, 0.717) is 5.02 Å². The maximum Gasteiger partial charge on any atom is 0.159 e. The molecule has 0 aliphatic heterocycles. The van der Waals surface area contributed by atoms with E-state index >= 15 is 0 Å². The van der Waals surface area contributed by atoms with Gasteiger partial charge in [-0.15, -0.1) is 0 Å². The third kappa shape index (κ3) is 3.43. The molecule has 0 N–H and O–H groups in total. The molecule has 3 rings (SSSR count). The monoisotopic (exact) mass is 322 g/mol. The molecule has 0 saturated heterocycles. The van der Waals surface area contributed by atoms with Gasteiger partial charge in [-0.1, -0.05) is 55.1 Å². The molecule has 1 aromatic heterocycles. The van der Waals surface area contributed by atoms with Crippen LogP contribution in [0.2, 0.25) is 5.02 Å². The lowest BCUT2D eigenvalue weighted by atomic mass is 10.0. The van der Waals surface area contributed by atoms with Crippen LogP contribution in [0, 0.1) is 0 Å².